The van der Waals surface area contributed by atoms with Gasteiger partial charge in [0.2, 0.25) is 0 Å². The smallest absolute Gasteiger partial charge is 0.329 e. The Hall–Kier alpha value is -1.34. The maximum atomic E-state index is 12.7. The van der Waals surface area contributed by atoms with Crippen LogP contribution in [-0.4, -0.2) is 88.3 Å². The van der Waals surface area contributed by atoms with Gasteiger partial charge in [0.05, 0.1) is 6.61 Å². The Morgan fingerprint density at radius 1 is 1.10 bits per heavy atom. The summed E-state index contributed by atoms with van der Waals surface area (Å²) in [6, 6.07) is -0.164. The molecule has 0 aromatic heterocycles. The molecule has 0 spiro atoms. The van der Waals surface area contributed by atoms with Crippen molar-refractivity contribution in [1.29, 1.82) is 0 Å². The molecule has 7 nitrogen and oxygen atoms in total. The fourth-order valence-electron chi connectivity index (χ4n) is 3.19. The lowest BCUT2D eigenvalue weighted by molar-refractivity contribution is -0.147. The van der Waals surface area contributed by atoms with Crippen molar-refractivity contribution in [3.63, 3.8) is 0 Å². The molecule has 0 bridgehead atoms. The van der Waals surface area contributed by atoms with Crippen molar-refractivity contribution in [2.75, 3.05) is 45.9 Å². The third-order valence-corrected chi connectivity index (χ3v) is 4.61. The largest absolute Gasteiger partial charge is 0.480 e. The van der Waals surface area contributed by atoms with Crippen LogP contribution in [-0.2, 0) is 4.79 Å². The first-order valence-electron chi connectivity index (χ1n) is 7.62. The number of β-amino-alcohol motifs (C(OH)–C–C–N with tert-alkyl or cyclic N) is 1. The number of hydrogen-bond donors (Lipinski definition) is 2. The summed E-state index contributed by atoms with van der Waals surface area (Å²) in [7, 11) is 0. The van der Waals surface area contributed by atoms with E-state index in [1.54, 1.807) is 11.8 Å². The zero-order valence-electron chi connectivity index (χ0n) is 12.6. The topological polar surface area (TPSA) is 84.3 Å². The molecule has 1 unspecified atom stereocenters. The van der Waals surface area contributed by atoms with Crippen molar-refractivity contribution in [3.8, 4) is 0 Å². The van der Waals surface area contributed by atoms with Crippen molar-refractivity contribution in [1.82, 2.24) is 14.7 Å². The second-order valence-corrected chi connectivity index (χ2v) is 6.02. The van der Waals surface area contributed by atoms with Crippen LogP contribution >= 0.6 is 0 Å². The highest BCUT2D eigenvalue weighted by Crippen LogP contribution is 2.30. The van der Waals surface area contributed by atoms with E-state index >= 15 is 0 Å². The van der Waals surface area contributed by atoms with Crippen molar-refractivity contribution in [3.05, 3.63) is 0 Å². The lowest BCUT2D eigenvalue weighted by Gasteiger charge is -2.35. The Bertz CT molecular complexity index is 404. The van der Waals surface area contributed by atoms with Crippen molar-refractivity contribution in [2.45, 2.75) is 31.7 Å². The molecular weight excluding hydrogens is 274 g/mol. The minimum atomic E-state index is -1.08. The van der Waals surface area contributed by atoms with Gasteiger partial charge in [-0.2, -0.15) is 0 Å². The zero-order chi connectivity index (χ0) is 15.5. The highest BCUT2D eigenvalue weighted by Gasteiger charge is 2.47. The lowest BCUT2D eigenvalue weighted by atomic mass is 10.00. The highest BCUT2D eigenvalue weighted by molar-refractivity contribution is 5.86. The maximum absolute atomic E-state index is 12.7. The highest BCUT2D eigenvalue weighted by atomic mass is 16.4. The number of aliphatic carboxylic acids is 1. The summed E-state index contributed by atoms with van der Waals surface area (Å²) in [6.45, 7) is 5.72. The Balaban J connectivity index is 2.01. The molecule has 2 fully saturated rings. The van der Waals surface area contributed by atoms with Gasteiger partial charge in [0, 0.05) is 32.7 Å². The monoisotopic (exact) mass is 299 g/mol. The molecule has 0 saturated carbocycles. The minimum absolute atomic E-state index is 0.122. The lowest BCUT2D eigenvalue weighted by Crippen LogP contribution is -2.55. The number of carbonyl (C=O) groups is 2. The number of urea groups is 1. The molecule has 2 amide bonds. The van der Waals surface area contributed by atoms with Crippen LogP contribution < -0.4 is 0 Å². The molecule has 2 aliphatic rings. The molecule has 2 N–H and O–H groups in total. The van der Waals surface area contributed by atoms with Crippen molar-refractivity contribution < 1.29 is 19.8 Å². The first-order valence-corrected chi connectivity index (χ1v) is 7.62. The molecule has 1 atom stereocenters. The van der Waals surface area contributed by atoms with Gasteiger partial charge in [-0.25, -0.2) is 9.59 Å². The molecular formula is C14H25N3O4. The molecule has 0 aromatic rings. The SMILES string of the molecule is CC1(C(=O)O)CCCN1C(=O)N1CCCN(CCO)CC1. The standard InChI is InChI=1S/C14H25N3O4/c1-14(12(19)20)4-2-7-17(14)13(21)16-6-3-5-15(8-9-16)10-11-18/h18H,2-11H2,1H3,(H,19,20). The summed E-state index contributed by atoms with van der Waals surface area (Å²) in [4.78, 5) is 29.5. The van der Waals surface area contributed by atoms with E-state index in [1.807, 2.05) is 0 Å². The predicted octanol–water partition coefficient (Wildman–Crippen LogP) is 0.0455. The van der Waals surface area contributed by atoms with Gasteiger partial charge in [-0.3, -0.25) is 4.90 Å². The van der Waals surface area contributed by atoms with E-state index in [0.29, 0.717) is 32.6 Å². The fourth-order valence-corrected chi connectivity index (χ4v) is 3.19. The van der Waals surface area contributed by atoms with Gasteiger partial charge < -0.3 is 20.0 Å². The average Bonchev–Trinajstić information content (AvgIpc) is 2.70. The van der Waals surface area contributed by atoms with Gasteiger partial charge in [0.25, 0.3) is 0 Å². The van der Waals surface area contributed by atoms with Crippen LogP contribution in [0.3, 0.4) is 0 Å². The summed E-state index contributed by atoms with van der Waals surface area (Å²) >= 11 is 0. The minimum Gasteiger partial charge on any atom is -0.480 e. The molecule has 21 heavy (non-hydrogen) atoms. The number of hydrogen-bond acceptors (Lipinski definition) is 4. The van der Waals surface area contributed by atoms with E-state index in [-0.39, 0.29) is 12.6 Å². The first-order chi connectivity index (χ1) is 9.99. The van der Waals surface area contributed by atoms with Gasteiger partial charge >= 0.3 is 12.0 Å². The van der Waals surface area contributed by atoms with Crippen molar-refractivity contribution >= 4 is 12.0 Å². The number of aliphatic hydroxyl groups is 1. The Labute approximate surface area is 125 Å². The van der Waals surface area contributed by atoms with E-state index in [9.17, 15) is 14.7 Å². The maximum Gasteiger partial charge on any atom is 0.329 e. The molecule has 0 aliphatic carbocycles. The molecule has 2 aliphatic heterocycles. The third-order valence-electron chi connectivity index (χ3n) is 4.61. The average molecular weight is 299 g/mol. The van der Waals surface area contributed by atoms with Gasteiger partial charge in [-0.1, -0.05) is 0 Å². The zero-order valence-corrected chi connectivity index (χ0v) is 12.6. The Kier molecular flexibility index (Phi) is 5.05. The summed E-state index contributed by atoms with van der Waals surface area (Å²) in [5, 5.41) is 18.4. The number of carbonyl (C=O) groups excluding carboxylic acids is 1. The van der Waals surface area contributed by atoms with Crippen LogP contribution in [0, 0.1) is 0 Å². The van der Waals surface area contributed by atoms with E-state index in [0.717, 1.165) is 25.9 Å². The van der Waals surface area contributed by atoms with Gasteiger partial charge in [0.1, 0.15) is 5.54 Å². The normalized spacial score (nSPS) is 27.7. The second kappa shape index (κ2) is 6.62. The van der Waals surface area contributed by atoms with Crippen LogP contribution in [0.15, 0.2) is 0 Å². The molecule has 0 aromatic carbocycles. The quantitative estimate of drug-likeness (QED) is 0.769. The van der Waals surface area contributed by atoms with Crippen LogP contribution in [0.25, 0.3) is 0 Å². The van der Waals surface area contributed by atoms with Gasteiger partial charge in [0.15, 0.2) is 0 Å². The number of likely N-dealkylation sites (tertiary alicyclic amines) is 1. The summed E-state index contributed by atoms with van der Waals surface area (Å²) < 4.78 is 0. The summed E-state index contributed by atoms with van der Waals surface area (Å²) in [5.74, 6) is -0.926. The van der Waals surface area contributed by atoms with Crippen LogP contribution in [0.1, 0.15) is 26.2 Å². The molecule has 2 heterocycles. The second-order valence-electron chi connectivity index (χ2n) is 6.02. The number of amides is 2. The summed E-state index contributed by atoms with van der Waals surface area (Å²) in [5.41, 5.74) is -1.08. The molecule has 7 heteroatoms. The molecule has 0 radical (unpaired) electrons. The van der Waals surface area contributed by atoms with Gasteiger partial charge in [-0.15, -0.1) is 0 Å². The van der Waals surface area contributed by atoms with E-state index in [2.05, 4.69) is 4.90 Å². The first kappa shape index (κ1) is 16.0. The van der Waals surface area contributed by atoms with Gasteiger partial charge in [-0.05, 0) is 32.7 Å². The van der Waals surface area contributed by atoms with Crippen LogP contribution in [0.2, 0.25) is 0 Å². The van der Waals surface area contributed by atoms with E-state index in [1.165, 1.54) is 4.90 Å². The predicted molar refractivity (Wildman–Crippen MR) is 77.1 cm³/mol. The van der Waals surface area contributed by atoms with E-state index < -0.39 is 11.5 Å². The number of nitrogens with zero attached hydrogens (tertiary/aromatic N) is 3. The number of aliphatic hydroxyl groups excluding tert-OH is 1. The molecule has 120 valence electrons. The van der Waals surface area contributed by atoms with E-state index in [4.69, 9.17) is 5.11 Å². The molecule has 2 saturated heterocycles. The summed E-state index contributed by atoms with van der Waals surface area (Å²) in [6.07, 6.45) is 2.10. The number of rotatable bonds is 3. The third kappa shape index (κ3) is 3.29. The number of carboxylic acids is 1. The van der Waals surface area contributed by atoms with Crippen molar-refractivity contribution in [2.24, 2.45) is 0 Å². The molecule has 2 rings (SSSR count). The van der Waals surface area contributed by atoms with Crippen LogP contribution in [0.5, 0.6) is 0 Å². The Morgan fingerprint density at radius 2 is 1.86 bits per heavy atom. The number of carboxylic acid groups (broad SMARTS) is 1. The Morgan fingerprint density at radius 3 is 2.52 bits per heavy atom. The fraction of sp³-hybridized carbons (Fsp3) is 0.857. The van der Waals surface area contributed by atoms with Crippen LogP contribution in [0.4, 0.5) is 4.79 Å².